The molecule has 3 aromatic rings. The molecule has 0 spiro atoms. The molecule has 1 aromatic heterocycles. The summed E-state index contributed by atoms with van der Waals surface area (Å²) < 4.78 is 16.4. The summed E-state index contributed by atoms with van der Waals surface area (Å²) in [7, 11) is 1.59. The molecule has 156 valence electrons. The first-order chi connectivity index (χ1) is 14.5. The molecule has 1 heterocycles. The molecule has 3 rings (SSSR count). The second-order valence-corrected chi connectivity index (χ2v) is 7.21. The largest absolute Gasteiger partial charge is 0.493 e. The van der Waals surface area contributed by atoms with Gasteiger partial charge >= 0.3 is 0 Å². The number of aryl methyl sites for hydroxylation is 1. The van der Waals surface area contributed by atoms with Crippen LogP contribution in [0.5, 0.6) is 11.5 Å². The summed E-state index contributed by atoms with van der Waals surface area (Å²) in [5.74, 6) is 1.87. The van der Waals surface area contributed by atoms with E-state index in [1.54, 1.807) is 19.3 Å². The molecule has 0 aliphatic rings. The highest BCUT2D eigenvalue weighted by molar-refractivity contribution is 6.02. The Morgan fingerprint density at radius 3 is 2.73 bits per heavy atom. The van der Waals surface area contributed by atoms with Crippen LogP contribution in [0.1, 0.15) is 25.0 Å². The monoisotopic (exact) mass is 407 g/mol. The molecule has 30 heavy (non-hydrogen) atoms. The lowest BCUT2D eigenvalue weighted by Crippen LogP contribution is -2.09. The van der Waals surface area contributed by atoms with Crippen LogP contribution in [0.25, 0.3) is 17.5 Å². The van der Waals surface area contributed by atoms with E-state index < -0.39 is 0 Å². The maximum absolute atomic E-state index is 12.4. The van der Waals surface area contributed by atoms with Gasteiger partial charge in [-0.1, -0.05) is 26.0 Å². The molecule has 0 atom stereocenters. The number of methoxy groups -OCH3 is 1. The Bertz CT molecular complexity index is 1030. The molecule has 0 radical (unpaired) electrons. The average Bonchev–Trinajstić information content (AvgIpc) is 3.27. The molecule has 0 unspecified atom stereocenters. The Morgan fingerprint density at radius 1 is 1.20 bits per heavy atom. The second-order valence-electron chi connectivity index (χ2n) is 7.21. The Balaban J connectivity index is 1.70. The molecule has 0 aliphatic carbocycles. The van der Waals surface area contributed by atoms with E-state index in [9.17, 15) is 4.79 Å². The molecular weight excluding hydrogens is 382 g/mol. The second kappa shape index (κ2) is 9.73. The number of benzene rings is 2. The maximum Gasteiger partial charge on any atom is 0.248 e. The van der Waals surface area contributed by atoms with E-state index in [0.29, 0.717) is 35.6 Å². The number of nitrogens with zero attached hydrogens (tertiary/aromatic N) is 2. The number of rotatable bonds is 8. The van der Waals surface area contributed by atoms with Crippen LogP contribution in [0, 0.1) is 12.8 Å². The van der Waals surface area contributed by atoms with Gasteiger partial charge in [0.15, 0.2) is 11.5 Å². The minimum atomic E-state index is -0.250. The van der Waals surface area contributed by atoms with Crippen LogP contribution in [-0.2, 0) is 4.79 Å². The van der Waals surface area contributed by atoms with Crippen molar-refractivity contribution >= 4 is 17.7 Å². The van der Waals surface area contributed by atoms with Gasteiger partial charge in [-0.15, -0.1) is 10.2 Å². The van der Waals surface area contributed by atoms with Crippen LogP contribution >= 0.6 is 0 Å². The minimum Gasteiger partial charge on any atom is -0.493 e. The van der Waals surface area contributed by atoms with E-state index in [0.717, 1.165) is 16.7 Å². The molecule has 2 aromatic carbocycles. The van der Waals surface area contributed by atoms with Crippen molar-refractivity contribution in [1.29, 1.82) is 0 Å². The molecule has 7 heteroatoms. The van der Waals surface area contributed by atoms with Crippen LogP contribution in [0.4, 0.5) is 5.69 Å². The first kappa shape index (κ1) is 21.1. The number of carbonyl (C=O) groups excluding carboxylic acids is 1. The average molecular weight is 407 g/mol. The number of hydrogen-bond donors (Lipinski definition) is 1. The molecule has 1 N–H and O–H groups in total. The molecular formula is C23H25N3O4. The quantitative estimate of drug-likeness (QED) is 0.543. The predicted molar refractivity (Wildman–Crippen MR) is 115 cm³/mol. The van der Waals surface area contributed by atoms with Crippen molar-refractivity contribution in [2.75, 3.05) is 19.0 Å². The van der Waals surface area contributed by atoms with Gasteiger partial charge in [0.25, 0.3) is 0 Å². The summed E-state index contributed by atoms with van der Waals surface area (Å²) >= 11 is 0. The fraction of sp³-hybridized carbons (Fsp3) is 0.261. The summed E-state index contributed by atoms with van der Waals surface area (Å²) in [5.41, 5.74) is 3.16. The third-order valence-corrected chi connectivity index (χ3v) is 4.29. The Labute approximate surface area is 175 Å². The fourth-order valence-corrected chi connectivity index (χ4v) is 2.70. The van der Waals surface area contributed by atoms with E-state index in [2.05, 4.69) is 29.4 Å². The zero-order valence-corrected chi connectivity index (χ0v) is 17.5. The topological polar surface area (TPSA) is 86.5 Å². The maximum atomic E-state index is 12.4. The van der Waals surface area contributed by atoms with Crippen molar-refractivity contribution in [2.45, 2.75) is 20.8 Å². The van der Waals surface area contributed by atoms with E-state index in [-0.39, 0.29) is 5.91 Å². The zero-order valence-electron chi connectivity index (χ0n) is 17.5. The van der Waals surface area contributed by atoms with Crippen LogP contribution in [0.2, 0.25) is 0 Å². The SMILES string of the molecule is COc1cc(C=CC(=O)Nc2cc(-c3nnco3)ccc2C)ccc1OCC(C)C. The van der Waals surface area contributed by atoms with Crippen LogP contribution in [-0.4, -0.2) is 29.8 Å². The van der Waals surface area contributed by atoms with Crippen molar-refractivity contribution < 1.29 is 18.7 Å². The van der Waals surface area contributed by atoms with Crippen molar-refractivity contribution in [3.05, 3.63) is 60.0 Å². The Kier molecular flexibility index (Phi) is 6.85. The van der Waals surface area contributed by atoms with Crippen LogP contribution < -0.4 is 14.8 Å². The van der Waals surface area contributed by atoms with Crippen molar-refractivity contribution in [2.24, 2.45) is 5.92 Å². The first-order valence-electron chi connectivity index (χ1n) is 9.63. The molecule has 0 saturated carbocycles. The molecule has 7 nitrogen and oxygen atoms in total. The summed E-state index contributed by atoms with van der Waals surface area (Å²) in [5, 5.41) is 10.5. The smallest absolute Gasteiger partial charge is 0.248 e. The number of amides is 1. The van der Waals surface area contributed by atoms with Gasteiger partial charge in [-0.3, -0.25) is 4.79 Å². The zero-order chi connectivity index (χ0) is 21.5. The standard InChI is InChI=1S/C23H25N3O4/c1-15(2)13-29-20-9-6-17(11-21(20)28-4)7-10-22(27)25-19-12-18(8-5-16(19)3)23-26-24-14-30-23/h5-12,14-15H,13H2,1-4H3,(H,25,27). The lowest BCUT2D eigenvalue weighted by Gasteiger charge is -2.12. The van der Waals surface area contributed by atoms with Gasteiger partial charge in [-0.25, -0.2) is 0 Å². The lowest BCUT2D eigenvalue weighted by molar-refractivity contribution is -0.111. The highest BCUT2D eigenvalue weighted by Crippen LogP contribution is 2.29. The van der Waals surface area contributed by atoms with Gasteiger partial charge in [-0.05, 0) is 54.3 Å². The predicted octanol–water partition coefficient (Wildman–Crippen LogP) is 4.74. The molecule has 0 saturated heterocycles. The molecule has 0 fully saturated rings. The Hall–Kier alpha value is -3.61. The van der Waals surface area contributed by atoms with Gasteiger partial charge in [0.1, 0.15) is 0 Å². The number of ether oxygens (including phenoxy) is 2. The first-order valence-corrected chi connectivity index (χ1v) is 9.63. The number of nitrogens with one attached hydrogen (secondary N) is 1. The third-order valence-electron chi connectivity index (χ3n) is 4.29. The fourth-order valence-electron chi connectivity index (χ4n) is 2.70. The molecule has 0 bridgehead atoms. The Morgan fingerprint density at radius 2 is 2.03 bits per heavy atom. The van der Waals surface area contributed by atoms with Gasteiger partial charge in [0, 0.05) is 17.3 Å². The van der Waals surface area contributed by atoms with E-state index in [1.807, 2.05) is 37.3 Å². The number of carbonyl (C=O) groups is 1. The van der Waals surface area contributed by atoms with Crippen molar-refractivity contribution in [1.82, 2.24) is 10.2 Å². The number of aromatic nitrogens is 2. The van der Waals surface area contributed by atoms with Gasteiger partial charge in [0.2, 0.25) is 18.2 Å². The van der Waals surface area contributed by atoms with E-state index in [1.165, 1.54) is 12.5 Å². The highest BCUT2D eigenvalue weighted by Gasteiger charge is 2.09. The minimum absolute atomic E-state index is 0.250. The van der Waals surface area contributed by atoms with Crippen molar-refractivity contribution in [3.63, 3.8) is 0 Å². The highest BCUT2D eigenvalue weighted by atomic mass is 16.5. The van der Waals surface area contributed by atoms with Crippen molar-refractivity contribution in [3.8, 4) is 23.0 Å². The normalized spacial score (nSPS) is 11.1. The summed E-state index contributed by atoms with van der Waals surface area (Å²) in [4.78, 5) is 12.4. The van der Waals surface area contributed by atoms with Gasteiger partial charge < -0.3 is 19.2 Å². The van der Waals surface area contributed by atoms with Gasteiger partial charge in [0.05, 0.1) is 13.7 Å². The third kappa shape index (κ3) is 5.47. The van der Waals surface area contributed by atoms with E-state index >= 15 is 0 Å². The number of hydrogen-bond acceptors (Lipinski definition) is 6. The summed E-state index contributed by atoms with van der Waals surface area (Å²) in [6.45, 7) is 6.69. The lowest BCUT2D eigenvalue weighted by atomic mass is 10.1. The van der Waals surface area contributed by atoms with E-state index in [4.69, 9.17) is 13.9 Å². The summed E-state index contributed by atoms with van der Waals surface area (Å²) in [6, 6.07) is 11.1. The molecule has 0 aliphatic heterocycles. The summed E-state index contributed by atoms with van der Waals surface area (Å²) in [6.07, 6.45) is 4.47. The number of anilines is 1. The van der Waals surface area contributed by atoms with Gasteiger partial charge in [-0.2, -0.15) is 0 Å². The van der Waals surface area contributed by atoms with Crippen LogP contribution in [0.15, 0.2) is 53.3 Å². The molecule has 1 amide bonds. The van der Waals surface area contributed by atoms with Crippen LogP contribution in [0.3, 0.4) is 0 Å².